The average Bonchev–Trinajstić information content (AvgIpc) is 3.01. The highest BCUT2D eigenvalue weighted by molar-refractivity contribution is 6.00. The van der Waals surface area contributed by atoms with Crippen molar-refractivity contribution in [3.8, 4) is 5.88 Å². The molecule has 2 aromatic rings. The first-order valence-electron chi connectivity index (χ1n) is 7.67. The van der Waals surface area contributed by atoms with E-state index in [0.717, 1.165) is 0 Å². The number of nitrogens with one attached hydrogen (secondary N) is 1. The summed E-state index contributed by atoms with van der Waals surface area (Å²) in [7, 11) is 5.89. The van der Waals surface area contributed by atoms with Crippen LogP contribution >= 0.6 is 0 Å². The highest BCUT2D eigenvalue weighted by Gasteiger charge is 2.21. The highest BCUT2D eigenvalue weighted by atomic mass is 16.5. The van der Waals surface area contributed by atoms with E-state index < -0.39 is 5.97 Å². The highest BCUT2D eigenvalue weighted by Crippen LogP contribution is 2.17. The lowest BCUT2D eigenvalue weighted by molar-refractivity contribution is -0.116. The maximum absolute atomic E-state index is 12.4. The zero-order chi connectivity index (χ0) is 19.3. The molecule has 1 heterocycles. The Labute approximate surface area is 150 Å². The van der Waals surface area contributed by atoms with Crippen LogP contribution in [0.2, 0.25) is 0 Å². The van der Waals surface area contributed by atoms with Crippen molar-refractivity contribution in [2.24, 2.45) is 7.05 Å². The molecule has 9 heteroatoms. The van der Waals surface area contributed by atoms with Crippen molar-refractivity contribution in [3.05, 3.63) is 41.6 Å². The molecule has 0 saturated heterocycles. The number of anilines is 1. The first kappa shape index (κ1) is 19.0. The number of likely N-dealkylation sites (N-methyl/N-ethyl adjacent to an activating group) is 1. The molecule has 2 rings (SSSR count). The molecule has 0 atom stereocenters. The number of hydrogen-bond donors (Lipinski definition) is 1. The number of ether oxygens (including phenoxy) is 2. The summed E-state index contributed by atoms with van der Waals surface area (Å²) in [6.07, 6.45) is 1.53. The quantitative estimate of drug-likeness (QED) is 0.769. The second-order valence-electron chi connectivity index (χ2n) is 5.50. The molecule has 0 saturated carbocycles. The van der Waals surface area contributed by atoms with E-state index >= 15 is 0 Å². The minimum Gasteiger partial charge on any atom is -0.479 e. The number of rotatable bonds is 6. The number of aromatic nitrogens is 2. The molecule has 0 aliphatic heterocycles. The Morgan fingerprint density at radius 3 is 2.42 bits per heavy atom. The largest absolute Gasteiger partial charge is 0.479 e. The molecule has 0 fully saturated rings. The SMILES string of the molecule is COC(=O)c1ccc(NC(=O)CN(C)C(=O)c2cn(C)nc2OC)cc1. The molecule has 0 bridgehead atoms. The van der Waals surface area contributed by atoms with Gasteiger partial charge in [-0.3, -0.25) is 14.3 Å². The fourth-order valence-electron chi connectivity index (χ4n) is 2.27. The predicted octanol–water partition coefficient (Wildman–Crippen LogP) is 0.926. The van der Waals surface area contributed by atoms with Crippen LogP contribution in [0, 0.1) is 0 Å². The first-order valence-corrected chi connectivity index (χ1v) is 7.67. The molecule has 138 valence electrons. The molecular formula is C17H20N4O5. The van der Waals surface area contributed by atoms with Gasteiger partial charge in [0.2, 0.25) is 11.8 Å². The molecule has 0 unspecified atom stereocenters. The van der Waals surface area contributed by atoms with Gasteiger partial charge in [0.05, 0.1) is 26.3 Å². The Morgan fingerprint density at radius 1 is 1.19 bits per heavy atom. The summed E-state index contributed by atoms with van der Waals surface area (Å²) in [5.74, 6) is -1.03. The van der Waals surface area contributed by atoms with E-state index in [9.17, 15) is 14.4 Å². The van der Waals surface area contributed by atoms with E-state index in [-0.39, 0.29) is 29.8 Å². The Balaban J connectivity index is 1.98. The van der Waals surface area contributed by atoms with Crippen molar-refractivity contribution >= 4 is 23.5 Å². The van der Waals surface area contributed by atoms with E-state index in [0.29, 0.717) is 11.3 Å². The van der Waals surface area contributed by atoms with Crippen LogP contribution in [-0.2, 0) is 16.6 Å². The van der Waals surface area contributed by atoms with Crippen LogP contribution in [0.3, 0.4) is 0 Å². The smallest absolute Gasteiger partial charge is 0.337 e. The van der Waals surface area contributed by atoms with Crippen LogP contribution in [-0.4, -0.2) is 60.3 Å². The molecular weight excluding hydrogens is 340 g/mol. The minimum atomic E-state index is -0.460. The normalized spacial score (nSPS) is 10.2. The van der Waals surface area contributed by atoms with Crippen molar-refractivity contribution in [1.29, 1.82) is 0 Å². The second-order valence-corrected chi connectivity index (χ2v) is 5.50. The summed E-state index contributed by atoms with van der Waals surface area (Å²) in [4.78, 5) is 37.2. The van der Waals surface area contributed by atoms with Crippen LogP contribution in [0.25, 0.3) is 0 Å². The number of benzene rings is 1. The Hall–Kier alpha value is -3.36. The number of methoxy groups -OCH3 is 2. The lowest BCUT2D eigenvalue weighted by atomic mass is 10.2. The van der Waals surface area contributed by atoms with Crippen molar-refractivity contribution in [2.45, 2.75) is 0 Å². The summed E-state index contributed by atoms with van der Waals surface area (Å²) in [5.41, 5.74) is 1.15. The minimum absolute atomic E-state index is 0.157. The van der Waals surface area contributed by atoms with Crippen LogP contribution in [0.4, 0.5) is 5.69 Å². The molecule has 0 spiro atoms. The number of esters is 1. The third kappa shape index (κ3) is 4.38. The van der Waals surface area contributed by atoms with Crippen molar-refractivity contribution < 1.29 is 23.9 Å². The van der Waals surface area contributed by atoms with Crippen LogP contribution in [0.1, 0.15) is 20.7 Å². The summed E-state index contributed by atoms with van der Waals surface area (Å²) in [6.45, 7) is -0.157. The fourth-order valence-corrected chi connectivity index (χ4v) is 2.27. The molecule has 1 N–H and O–H groups in total. The van der Waals surface area contributed by atoms with E-state index in [1.54, 1.807) is 19.2 Å². The molecule has 0 aliphatic rings. The molecule has 0 radical (unpaired) electrons. The van der Waals surface area contributed by atoms with E-state index in [1.165, 1.54) is 49.2 Å². The average molecular weight is 360 g/mol. The Kier molecular flexibility index (Phi) is 5.94. The maximum atomic E-state index is 12.4. The van der Waals surface area contributed by atoms with Gasteiger partial charge in [-0.1, -0.05) is 0 Å². The number of hydrogen-bond acceptors (Lipinski definition) is 6. The molecule has 26 heavy (non-hydrogen) atoms. The molecule has 1 aromatic heterocycles. The van der Waals surface area contributed by atoms with Crippen molar-refractivity contribution in [2.75, 3.05) is 33.1 Å². The predicted molar refractivity (Wildman–Crippen MR) is 93.1 cm³/mol. The van der Waals surface area contributed by atoms with Gasteiger partial charge in [-0.15, -0.1) is 5.10 Å². The zero-order valence-corrected chi connectivity index (χ0v) is 15.0. The lowest BCUT2D eigenvalue weighted by Crippen LogP contribution is -2.35. The standard InChI is InChI=1S/C17H20N4O5/c1-20(16(23)13-9-21(2)19-15(13)25-3)10-14(22)18-12-7-5-11(6-8-12)17(24)26-4/h5-9H,10H2,1-4H3,(H,18,22). The second kappa shape index (κ2) is 8.15. The molecule has 9 nitrogen and oxygen atoms in total. The van der Waals surface area contributed by atoms with Gasteiger partial charge in [0, 0.05) is 26.0 Å². The van der Waals surface area contributed by atoms with Gasteiger partial charge in [-0.05, 0) is 24.3 Å². The van der Waals surface area contributed by atoms with Gasteiger partial charge in [0.25, 0.3) is 5.91 Å². The summed E-state index contributed by atoms with van der Waals surface area (Å²) < 4.78 is 11.1. The summed E-state index contributed by atoms with van der Waals surface area (Å²) in [5, 5.41) is 6.68. The van der Waals surface area contributed by atoms with Gasteiger partial charge in [0.15, 0.2) is 0 Å². The number of amides is 2. The monoisotopic (exact) mass is 360 g/mol. The molecule has 1 aromatic carbocycles. The van der Waals surface area contributed by atoms with Crippen molar-refractivity contribution in [3.63, 3.8) is 0 Å². The van der Waals surface area contributed by atoms with Gasteiger partial charge in [-0.2, -0.15) is 0 Å². The number of nitrogens with zero attached hydrogens (tertiary/aromatic N) is 3. The van der Waals surface area contributed by atoms with E-state index in [2.05, 4.69) is 15.2 Å². The Bertz CT molecular complexity index is 813. The summed E-state index contributed by atoms with van der Waals surface area (Å²) in [6, 6.07) is 6.24. The molecule has 2 amide bonds. The Morgan fingerprint density at radius 2 is 1.85 bits per heavy atom. The summed E-state index contributed by atoms with van der Waals surface area (Å²) >= 11 is 0. The van der Waals surface area contributed by atoms with Crippen molar-refractivity contribution in [1.82, 2.24) is 14.7 Å². The fraction of sp³-hybridized carbons (Fsp3) is 0.294. The van der Waals surface area contributed by atoms with E-state index in [4.69, 9.17) is 4.74 Å². The first-order chi connectivity index (χ1) is 12.3. The number of carbonyl (C=O) groups excluding carboxylic acids is 3. The third-order valence-corrected chi connectivity index (χ3v) is 3.54. The maximum Gasteiger partial charge on any atom is 0.337 e. The van der Waals surface area contributed by atoms with Gasteiger partial charge in [-0.25, -0.2) is 4.79 Å². The molecule has 0 aliphatic carbocycles. The number of aryl methyl sites for hydroxylation is 1. The zero-order valence-electron chi connectivity index (χ0n) is 15.0. The third-order valence-electron chi connectivity index (χ3n) is 3.54. The number of carbonyl (C=O) groups is 3. The lowest BCUT2D eigenvalue weighted by Gasteiger charge is -2.16. The van der Waals surface area contributed by atoms with Gasteiger partial charge in [0.1, 0.15) is 5.56 Å². The van der Waals surface area contributed by atoms with E-state index in [1.807, 2.05) is 0 Å². The van der Waals surface area contributed by atoms with Crippen LogP contribution in [0.15, 0.2) is 30.5 Å². The topological polar surface area (TPSA) is 103 Å². The van der Waals surface area contributed by atoms with Crippen LogP contribution in [0.5, 0.6) is 5.88 Å². The van der Waals surface area contributed by atoms with Gasteiger partial charge < -0.3 is 19.7 Å². The van der Waals surface area contributed by atoms with Crippen LogP contribution < -0.4 is 10.1 Å². The van der Waals surface area contributed by atoms with Gasteiger partial charge >= 0.3 is 5.97 Å².